The van der Waals surface area contributed by atoms with Crippen LogP contribution in [0.4, 0.5) is 0 Å². The van der Waals surface area contributed by atoms with Crippen LogP contribution in [-0.2, 0) is 0 Å². The molecule has 0 N–H and O–H groups in total. The molecule has 0 saturated carbocycles. The van der Waals surface area contributed by atoms with Crippen LogP contribution < -0.4 is 0 Å². The molecule has 19 heavy (non-hydrogen) atoms. The molecule has 0 aromatic rings. The Hall–Kier alpha value is -2.96. The van der Waals surface area contributed by atoms with E-state index in [0.29, 0.717) is 35.4 Å². The second-order valence-electron chi connectivity index (χ2n) is 3.59. The summed E-state index contributed by atoms with van der Waals surface area (Å²) < 4.78 is 0. The third-order valence-electron chi connectivity index (χ3n) is 2.44. The number of guanidine groups is 3. The Labute approximate surface area is 109 Å². The molecule has 3 aliphatic rings. The zero-order valence-corrected chi connectivity index (χ0v) is 9.98. The minimum atomic E-state index is 0.399. The van der Waals surface area contributed by atoms with Gasteiger partial charge in [-0.1, -0.05) is 19.7 Å². The lowest BCUT2D eigenvalue weighted by Crippen LogP contribution is -2.47. The molecule has 0 bridgehead atoms. The Bertz CT molecular complexity index is 590. The molecule has 0 atom stereocenters. The quantitative estimate of drug-likeness (QED) is 0.741. The van der Waals surface area contributed by atoms with Gasteiger partial charge in [-0.05, 0) is 18.2 Å². The van der Waals surface area contributed by atoms with E-state index >= 15 is 0 Å². The van der Waals surface area contributed by atoms with Gasteiger partial charge >= 0.3 is 0 Å². The lowest BCUT2D eigenvalue weighted by molar-refractivity contribution is 0.830. The number of amidine groups is 3. The van der Waals surface area contributed by atoms with Crippen molar-refractivity contribution in [1.82, 2.24) is 4.90 Å². The highest BCUT2D eigenvalue weighted by Crippen LogP contribution is 2.17. The summed E-state index contributed by atoms with van der Waals surface area (Å²) in [5, 5.41) is 0. The van der Waals surface area contributed by atoms with Crippen molar-refractivity contribution in [3.8, 4) is 0 Å². The first-order valence-electron chi connectivity index (χ1n) is 5.44. The van der Waals surface area contributed by atoms with E-state index in [2.05, 4.69) is 49.7 Å². The van der Waals surface area contributed by atoms with Crippen LogP contribution in [0.3, 0.4) is 0 Å². The molecule has 0 radical (unpaired) electrons. The van der Waals surface area contributed by atoms with E-state index in [1.54, 1.807) is 4.90 Å². The van der Waals surface area contributed by atoms with Crippen molar-refractivity contribution in [2.45, 2.75) is 0 Å². The van der Waals surface area contributed by atoms with Crippen molar-refractivity contribution in [3.05, 3.63) is 38.0 Å². The van der Waals surface area contributed by atoms with Crippen molar-refractivity contribution in [1.29, 1.82) is 0 Å². The minimum Gasteiger partial charge on any atom is -0.213 e. The van der Waals surface area contributed by atoms with E-state index in [9.17, 15) is 0 Å². The lowest BCUT2D eigenvalue weighted by atomic mass is 10.4. The van der Waals surface area contributed by atoms with Crippen molar-refractivity contribution >= 4 is 35.4 Å². The third-order valence-corrected chi connectivity index (χ3v) is 2.44. The van der Waals surface area contributed by atoms with Gasteiger partial charge in [0, 0.05) is 0 Å². The fourth-order valence-electron chi connectivity index (χ4n) is 1.61. The SMILES string of the molecule is C=CC1=NC2=NC(C=C)=NC3=NC(C=C)=NC(=N1)N23. The highest BCUT2D eigenvalue weighted by molar-refractivity contribution is 6.32. The Kier molecular flexibility index (Phi) is 2.38. The van der Waals surface area contributed by atoms with Gasteiger partial charge in [-0.25, -0.2) is 4.90 Å². The largest absolute Gasteiger partial charge is 0.243 e. The van der Waals surface area contributed by atoms with E-state index in [1.165, 1.54) is 18.2 Å². The number of nitrogens with zero attached hydrogens (tertiary/aromatic N) is 7. The van der Waals surface area contributed by atoms with E-state index in [1.807, 2.05) is 0 Å². The highest BCUT2D eigenvalue weighted by Gasteiger charge is 2.33. The second kappa shape index (κ2) is 4.05. The van der Waals surface area contributed by atoms with Crippen LogP contribution in [0.2, 0.25) is 0 Å². The zero-order valence-electron chi connectivity index (χ0n) is 9.98. The summed E-state index contributed by atoms with van der Waals surface area (Å²) in [6.45, 7) is 10.9. The standard InChI is InChI=1S/C12H9N7/c1-4-7-13-10-15-8(5-2)17-12-18-9(6-3)16-11(14-7)19(10)12/h4-6H,1-3H2. The number of aliphatic imine (C=N–C) groups is 6. The van der Waals surface area contributed by atoms with Gasteiger partial charge in [0.15, 0.2) is 17.5 Å². The fraction of sp³-hybridized carbons (Fsp3) is 0. The van der Waals surface area contributed by atoms with Crippen molar-refractivity contribution in [2.24, 2.45) is 30.0 Å². The summed E-state index contributed by atoms with van der Waals surface area (Å²) in [4.78, 5) is 27.0. The smallest absolute Gasteiger partial charge is 0.213 e. The monoisotopic (exact) mass is 251 g/mol. The maximum atomic E-state index is 4.24. The Morgan fingerprint density at radius 2 is 0.895 bits per heavy atom. The van der Waals surface area contributed by atoms with Gasteiger partial charge in [-0.3, -0.25) is 0 Å². The molecule has 7 nitrogen and oxygen atoms in total. The van der Waals surface area contributed by atoms with Crippen molar-refractivity contribution in [3.63, 3.8) is 0 Å². The fourth-order valence-corrected chi connectivity index (χ4v) is 1.61. The molecule has 0 aromatic carbocycles. The molecule has 0 amide bonds. The van der Waals surface area contributed by atoms with E-state index in [-0.39, 0.29) is 0 Å². The molecular weight excluding hydrogens is 242 g/mol. The van der Waals surface area contributed by atoms with Crippen LogP contribution in [0.5, 0.6) is 0 Å². The van der Waals surface area contributed by atoms with Crippen LogP contribution >= 0.6 is 0 Å². The maximum Gasteiger partial charge on any atom is 0.243 e. The summed E-state index contributed by atoms with van der Waals surface area (Å²) >= 11 is 0. The number of rotatable bonds is 3. The summed E-state index contributed by atoms with van der Waals surface area (Å²) in [5.74, 6) is 2.50. The van der Waals surface area contributed by atoms with Gasteiger partial charge in [0.1, 0.15) is 0 Å². The van der Waals surface area contributed by atoms with Gasteiger partial charge in [-0.2, -0.15) is 30.0 Å². The van der Waals surface area contributed by atoms with Gasteiger partial charge in [0.25, 0.3) is 0 Å². The highest BCUT2D eigenvalue weighted by atomic mass is 15.5. The Balaban J connectivity index is 2.23. The summed E-state index contributed by atoms with van der Waals surface area (Å²) in [5.41, 5.74) is 0. The molecule has 0 unspecified atom stereocenters. The first kappa shape index (κ1) is 11.1. The van der Waals surface area contributed by atoms with E-state index < -0.39 is 0 Å². The Morgan fingerprint density at radius 1 is 0.579 bits per heavy atom. The van der Waals surface area contributed by atoms with Crippen molar-refractivity contribution < 1.29 is 0 Å². The minimum absolute atomic E-state index is 0.399. The third kappa shape index (κ3) is 1.68. The molecule has 0 saturated heterocycles. The maximum absolute atomic E-state index is 4.24. The first-order chi connectivity index (χ1) is 9.25. The van der Waals surface area contributed by atoms with Gasteiger partial charge in [0.05, 0.1) is 0 Å². The van der Waals surface area contributed by atoms with Crippen LogP contribution in [0.15, 0.2) is 67.9 Å². The average molecular weight is 251 g/mol. The van der Waals surface area contributed by atoms with Crippen molar-refractivity contribution in [2.75, 3.05) is 0 Å². The van der Waals surface area contributed by atoms with Gasteiger partial charge in [0.2, 0.25) is 17.9 Å². The predicted molar refractivity (Wildman–Crippen MR) is 77.0 cm³/mol. The van der Waals surface area contributed by atoms with Crippen LogP contribution in [0.25, 0.3) is 0 Å². The zero-order chi connectivity index (χ0) is 13.4. The van der Waals surface area contributed by atoms with Crippen LogP contribution in [-0.4, -0.2) is 40.3 Å². The average Bonchev–Trinajstić information content (AvgIpc) is 2.46. The summed E-state index contributed by atoms with van der Waals surface area (Å²) in [6.07, 6.45) is 4.59. The summed E-state index contributed by atoms with van der Waals surface area (Å²) in [7, 11) is 0. The molecule has 0 aliphatic carbocycles. The number of hydrogen-bond donors (Lipinski definition) is 0. The van der Waals surface area contributed by atoms with Crippen LogP contribution in [0.1, 0.15) is 0 Å². The second-order valence-corrected chi connectivity index (χ2v) is 3.59. The molecule has 92 valence electrons. The molecule has 3 heterocycles. The predicted octanol–water partition coefficient (Wildman–Crippen LogP) is 1.15. The Morgan fingerprint density at radius 3 is 1.16 bits per heavy atom. The normalized spacial score (nSPS) is 19.9. The lowest BCUT2D eigenvalue weighted by Gasteiger charge is -2.29. The van der Waals surface area contributed by atoms with E-state index in [4.69, 9.17) is 0 Å². The topological polar surface area (TPSA) is 77.4 Å². The van der Waals surface area contributed by atoms with Gasteiger partial charge in [-0.15, -0.1) is 0 Å². The van der Waals surface area contributed by atoms with Gasteiger partial charge < -0.3 is 0 Å². The first-order valence-corrected chi connectivity index (χ1v) is 5.44. The molecule has 3 aliphatic heterocycles. The van der Waals surface area contributed by atoms with Crippen LogP contribution in [0, 0.1) is 0 Å². The molecule has 3 rings (SSSR count). The molecule has 0 spiro atoms. The summed E-state index contributed by atoms with van der Waals surface area (Å²) in [6, 6.07) is 0. The molecule has 7 heteroatoms. The van der Waals surface area contributed by atoms with E-state index in [0.717, 1.165) is 0 Å². The molecule has 0 aromatic heterocycles. The molecule has 0 fully saturated rings. The number of hydrogen-bond acceptors (Lipinski definition) is 7. The molecular formula is C12H9N7.